The number of rotatable bonds is 10. The molecule has 1 amide bonds. The molecule has 2 aromatic rings. The van der Waals surface area contributed by atoms with E-state index in [1.54, 1.807) is 18.2 Å². The molecule has 0 unspecified atom stereocenters. The lowest BCUT2D eigenvalue weighted by Gasteiger charge is -2.28. The van der Waals surface area contributed by atoms with Gasteiger partial charge in [0.2, 0.25) is 15.9 Å². The van der Waals surface area contributed by atoms with E-state index in [-0.39, 0.29) is 23.8 Å². The van der Waals surface area contributed by atoms with Crippen molar-refractivity contribution in [3.8, 4) is 5.75 Å². The molecule has 0 radical (unpaired) electrons. The molecule has 2 aromatic carbocycles. The van der Waals surface area contributed by atoms with E-state index in [2.05, 4.69) is 16.3 Å². The van der Waals surface area contributed by atoms with Gasteiger partial charge in [-0.1, -0.05) is 6.07 Å². The Kier molecular flexibility index (Phi) is 8.93. The number of nitrogens with one attached hydrogen (secondary N) is 1. The molecule has 0 spiro atoms. The Bertz CT molecular complexity index is 1070. The van der Waals surface area contributed by atoms with Crippen LogP contribution >= 0.6 is 0 Å². The summed E-state index contributed by atoms with van der Waals surface area (Å²) in [6.45, 7) is 11.1. The summed E-state index contributed by atoms with van der Waals surface area (Å²) in [6.07, 6.45) is 0.144. The lowest BCUT2D eigenvalue weighted by molar-refractivity contribution is -0.116. The first-order valence-corrected chi connectivity index (χ1v) is 13.2. The highest BCUT2D eigenvalue weighted by molar-refractivity contribution is 7.89. The lowest BCUT2D eigenvalue weighted by Crippen LogP contribution is -2.40. The van der Waals surface area contributed by atoms with Crippen molar-refractivity contribution in [2.45, 2.75) is 39.0 Å². The van der Waals surface area contributed by atoms with Crippen molar-refractivity contribution in [2.75, 3.05) is 56.2 Å². The normalized spacial score (nSPS) is 14.6. The van der Waals surface area contributed by atoms with Crippen LogP contribution in [0.1, 0.15) is 31.4 Å². The van der Waals surface area contributed by atoms with Crippen molar-refractivity contribution in [3.05, 3.63) is 47.5 Å². The number of morpholine rings is 1. The molecule has 1 N–H and O–H groups in total. The zero-order chi connectivity index (χ0) is 24.7. The third-order valence-corrected chi connectivity index (χ3v) is 7.64. The quantitative estimate of drug-likeness (QED) is 0.549. The highest BCUT2D eigenvalue weighted by atomic mass is 32.2. The van der Waals surface area contributed by atoms with Crippen LogP contribution in [-0.2, 0) is 19.6 Å². The summed E-state index contributed by atoms with van der Waals surface area (Å²) in [4.78, 5) is 15.0. The van der Waals surface area contributed by atoms with Gasteiger partial charge in [0.15, 0.2) is 0 Å². The number of benzene rings is 2. The van der Waals surface area contributed by atoms with E-state index in [0.29, 0.717) is 32.0 Å². The van der Waals surface area contributed by atoms with E-state index < -0.39 is 10.0 Å². The molecule has 1 fully saturated rings. The highest BCUT2D eigenvalue weighted by Gasteiger charge is 2.27. The minimum atomic E-state index is -3.68. The molecule has 34 heavy (non-hydrogen) atoms. The van der Waals surface area contributed by atoms with Crippen LogP contribution in [0, 0.1) is 13.8 Å². The zero-order valence-corrected chi connectivity index (χ0v) is 21.3. The van der Waals surface area contributed by atoms with Gasteiger partial charge in [-0.2, -0.15) is 4.31 Å². The van der Waals surface area contributed by atoms with E-state index in [9.17, 15) is 13.2 Å². The van der Waals surface area contributed by atoms with Gasteiger partial charge in [0.05, 0.1) is 42.5 Å². The molecule has 0 saturated carbocycles. The molecule has 1 saturated heterocycles. The average Bonchev–Trinajstić information content (AvgIpc) is 2.80. The minimum absolute atomic E-state index is 0.144. The molecule has 8 nitrogen and oxygen atoms in total. The fraction of sp³-hybridized carbons (Fsp3) is 0.480. The molecule has 0 bridgehead atoms. The van der Waals surface area contributed by atoms with Crippen molar-refractivity contribution in [1.82, 2.24) is 4.31 Å². The van der Waals surface area contributed by atoms with Crippen LogP contribution in [0.2, 0.25) is 0 Å². The van der Waals surface area contributed by atoms with Gasteiger partial charge in [-0.05, 0) is 69.2 Å². The van der Waals surface area contributed by atoms with Gasteiger partial charge in [-0.25, -0.2) is 8.42 Å². The van der Waals surface area contributed by atoms with Gasteiger partial charge in [0, 0.05) is 26.2 Å². The van der Waals surface area contributed by atoms with Gasteiger partial charge in [0.1, 0.15) is 5.75 Å². The standard InChI is InChI=1S/C25H35N3O5S/c1-5-27(6-2)24-8-7-22(34(30,31)28-10-13-32-14-11-28)18-23(24)26-25(29)9-12-33-21-16-19(3)15-20(4)17-21/h7-8,15-18H,5-6,9-14H2,1-4H3,(H,26,29). The summed E-state index contributed by atoms with van der Waals surface area (Å²) < 4.78 is 38.8. The third kappa shape index (κ3) is 6.49. The Morgan fingerprint density at radius 2 is 1.71 bits per heavy atom. The second-order valence-electron chi connectivity index (χ2n) is 8.34. The second-order valence-corrected chi connectivity index (χ2v) is 10.3. The molecule has 9 heteroatoms. The minimum Gasteiger partial charge on any atom is -0.493 e. The number of aryl methyl sites for hydroxylation is 2. The second kappa shape index (κ2) is 11.7. The van der Waals surface area contributed by atoms with Crippen LogP contribution in [0.3, 0.4) is 0 Å². The number of amides is 1. The van der Waals surface area contributed by atoms with Crippen LogP contribution in [0.25, 0.3) is 0 Å². The maximum Gasteiger partial charge on any atom is 0.243 e. The van der Waals surface area contributed by atoms with Crippen LogP contribution < -0.4 is 15.0 Å². The zero-order valence-electron chi connectivity index (χ0n) is 20.5. The number of sulfonamides is 1. The first-order chi connectivity index (χ1) is 16.2. The predicted octanol–water partition coefficient (Wildman–Crippen LogP) is 3.58. The summed E-state index contributed by atoms with van der Waals surface area (Å²) in [5.41, 5.74) is 3.46. The van der Waals surface area contributed by atoms with E-state index in [1.165, 1.54) is 4.31 Å². The molecule has 186 valence electrons. The number of carbonyl (C=O) groups is 1. The van der Waals surface area contributed by atoms with Crippen LogP contribution in [0.5, 0.6) is 5.75 Å². The Morgan fingerprint density at radius 3 is 2.32 bits per heavy atom. The Hall–Kier alpha value is -2.62. The summed E-state index contributed by atoms with van der Waals surface area (Å²) in [6, 6.07) is 10.9. The van der Waals surface area contributed by atoms with E-state index in [4.69, 9.17) is 9.47 Å². The third-order valence-electron chi connectivity index (χ3n) is 5.75. The van der Waals surface area contributed by atoms with Crippen molar-refractivity contribution in [2.24, 2.45) is 0 Å². The van der Waals surface area contributed by atoms with Gasteiger partial charge in [0.25, 0.3) is 0 Å². The molecular weight excluding hydrogens is 454 g/mol. The smallest absolute Gasteiger partial charge is 0.243 e. The first kappa shape index (κ1) is 26.0. The summed E-state index contributed by atoms with van der Waals surface area (Å²) in [7, 11) is -3.68. The molecule has 0 aromatic heterocycles. The predicted molar refractivity (Wildman–Crippen MR) is 134 cm³/mol. The fourth-order valence-corrected chi connectivity index (χ4v) is 5.48. The average molecular weight is 490 g/mol. The largest absolute Gasteiger partial charge is 0.493 e. The SMILES string of the molecule is CCN(CC)c1ccc(S(=O)(=O)N2CCOCC2)cc1NC(=O)CCOc1cc(C)cc(C)c1. The van der Waals surface area contributed by atoms with Gasteiger partial charge >= 0.3 is 0 Å². The van der Waals surface area contributed by atoms with E-state index >= 15 is 0 Å². The number of nitrogens with zero attached hydrogens (tertiary/aromatic N) is 2. The summed E-state index contributed by atoms with van der Waals surface area (Å²) in [5.74, 6) is 0.492. The topological polar surface area (TPSA) is 88.2 Å². The number of carbonyl (C=O) groups excluding carboxylic acids is 1. The van der Waals surface area contributed by atoms with Crippen LogP contribution in [0.15, 0.2) is 41.3 Å². The molecular formula is C25H35N3O5S. The fourth-order valence-electron chi connectivity index (χ4n) is 4.04. The summed E-state index contributed by atoms with van der Waals surface area (Å²) >= 11 is 0. The van der Waals surface area contributed by atoms with Crippen molar-refractivity contribution in [1.29, 1.82) is 0 Å². The summed E-state index contributed by atoms with van der Waals surface area (Å²) in [5, 5.41) is 2.92. The first-order valence-electron chi connectivity index (χ1n) is 11.7. The molecule has 0 atom stereocenters. The van der Waals surface area contributed by atoms with E-state index in [0.717, 1.165) is 35.7 Å². The number of hydrogen-bond donors (Lipinski definition) is 1. The maximum atomic E-state index is 13.2. The van der Waals surface area contributed by atoms with Crippen molar-refractivity contribution >= 4 is 27.3 Å². The Balaban J connectivity index is 1.76. The van der Waals surface area contributed by atoms with Gasteiger partial charge in [-0.15, -0.1) is 0 Å². The molecule has 1 aliphatic heterocycles. The van der Waals surface area contributed by atoms with Crippen molar-refractivity contribution in [3.63, 3.8) is 0 Å². The Morgan fingerprint density at radius 1 is 1.06 bits per heavy atom. The van der Waals surface area contributed by atoms with Crippen LogP contribution in [-0.4, -0.2) is 64.6 Å². The highest BCUT2D eigenvalue weighted by Crippen LogP contribution is 2.30. The monoisotopic (exact) mass is 489 g/mol. The van der Waals surface area contributed by atoms with E-state index in [1.807, 2.05) is 39.8 Å². The molecule has 3 rings (SSSR count). The van der Waals surface area contributed by atoms with Gasteiger partial charge in [-0.3, -0.25) is 4.79 Å². The number of ether oxygens (including phenoxy) is 2. The number of anilines is 2. The van der Waals surface area contributed by atoms with Crippen molar-refractivity contribution < 1.29 is 22.7 Å². The molecule has 1 aliphatic rings. The van der Waals surface area contributed by atoms with Crippen LogP contribution in [0.4, 0.5) is 11.4 Å². The van der Waals surface area contributed by atoms with Gasteiger partial charge < -0.3 is 19.7 Å². The Labute approximate surface area is 202 Å². The molecule has 1 heterocycles. The lowest BCUT2D eigenvalue weighted by atomic mass is 10.1. The maximum absolute atomic E-state index is 13.2. The number of hydrogen-bond acceptors (Lipinski definition) is 6. The molecule has 0 aliphatic carbocycles.